The molecule has 0 aliphatic rings. The summed E-state index contributed by atoms with van der Waals surface area (Å²) in [6.45, 7) is 0. The zero-order chi connectivity index (χ0) is 10.6. The molecule has 78 valence electrons. The van der Waals surface area contributed by atoms with E-state index in [1.54, 1.807) is 12.1 Å². The third-order valence-electron chi connectivity index (χ3n) is 1.89. The fourth-order valence-electron chi connectivity index (χ4n) is 1.18. The first kappa shape index (κ1) is 11.3. The Hall–Kier alpha value is -0.753. The number of aryl methyl sites for hydroxylation is 1. The minimum atomic E-state index is -3.90. The molecule has 14 heavy (non-hydrogen) atoms. The molecule has 0 fully saturated rings. The van der Waals surface area contributed by atoms with Gasteiger partial charge in [0.1, 0.15) is 5.82 Å². The second kappa shape index (κ2) is 4.65. The second-order valence-electron chi connectivity index (χ2n) is 3.25. The summed E-state index contributed by atoms with van der Waals surface area (Å²) in [5, 5.41) is 0. The summed E-state index contributed by atoms with van der Waals surface area (Å²) in [5.74, 6) is -0.288. The van der Waals surface area contributed by atoms with Gasteiger partial charge in [0.15, 0.2) is 0 Å². The lowest BCUT2D eigenvalue weighted by molar-refractivity contribution is 0.226. The molecule has 0 aliphatic heterocycles. The van der Waals surface area contributed by atoms with Gasteiger partial charge in [0, 0.05) is 6.04 Å². The van der Waals surface area contributed by atoms with Gasteiger partial charge in [0.05, 0.1) is 0 Å². The number of rotatable bonds is 4. The standard InChI is InChI=1S/C9H13FO3Si/c10-9-5-3-8(4-6-9)2-1-7-14(11,12)13/h3-6,11-13H,1-2,7H2. The molecule has 0 amide bonds. The first-order valence-electron chi connectivity index (χ1n) is 4.39. The van der Waals surface area contributed by atoms with Crippen LogP contribution in [-0.4, -0.2) is 23.2 Å². The second-order valence-corrected chi connectivity index (χ2v) is 5.30. The van der Waals surface area contributed by atoms with Crippen molar-refractivity contribution in [2.24, 2.45) is 0 Å². The molecule has 0 bridgehead atoms. The molecule has 3 nitrogen and oxygen atoms in total. The average molecular weight is 216 g/mol. The van der Waals surface area contributed by atoms with Gasteiger partial charge < -0.3 is 14.4 Å². The van der Waals surface area contributed by atoms with Gasteiger partial charge in [-0.15, -0.1) is 0 Å². The van der Waals surface area contributed by atoms with Crippen LogP contribution in [0.25, 0.3) is 0 Å². The Balaban J connectivity index is 2.35. The van der Waals surface area contributed by atoms with Crippen molar-refractivity contribution in [3.63, 3.8) is 0 Å². The molecule has 0 unspecified atom stereocenters. The third kappa shape index (κ3) is 4.47. The van der Waals surface area contributed by atoms with Crippen LogP contribution in [0.4, 0.5) is 4.39 Å². The Morgan fingerprint density at radius 1 is 1.07 bits per heavy atom. The van der Waals surface area contributed by atoms with E-state index >= 15 is 0 Å². The van der Waals surface area contributed by atoms with Crippen molar-refractivity contribution < 1.29 is 18.8 Å². The Morgan fingerprint density at radius 2 is 1.64 bits per heavy atom. The van der Waals surface area contributed by atoms with Gasteiger partial charge in [-0.3, -0.25) is 0 Å². The van der Waals surface area contributed by atoms with E-state index < -0.39 is 8.80 Å². The zero-order valence-electron chi connectivity index (χ0n) is 7.65. The summed E-state index contributed by atoms with van der Waals surface area (Å²) in [4.78, 5) is 26.2. The van der Waals surface area contributed by atoms with E-state index in [0.717, 1.165) is 5.56 Å². The van der Waals surface area contributed by atoms with E-state index in [0.29, 0.717) is 12.8 Å². The molecule has 1 aromatic carbocycles. The van der Waals surface area contributed by atoms with Crippen molar-refractivity contribution in [1.82, 2.24) is 0 Å². The largest absolute Gasteiger partial charge is 0.492 e. The molecular weight excluding hydrogens is 203 g/mol. The van der Waals surface area contributed by atoms with Crippen molar-refractivity contribution in [3.05, 3.63) is 35.6 Å². The van der Waals surface area contributed by atoms with Gasteiger partial charge in [-0.1, -0.05) is 12.1 Å². The van der Waals surface area contributed by atoms with Crippen molar-refractivity contribution >= 4 is 8.80 Å². The number of hydrogen-bond acceptors (Lipinski definition) is 3. The molecule has 0 atom stereocenters. The van der Waals surface area contributed by atoms with Crippen LogP contribution >= 0.6 is 0 Å². The fraction of sp³-hybridized carbons (Fsp3) is 0.333. The van der Waals surface area contributed by atoms with Crippen LogP contribution in [0.1, 0.15) is 12.0 Å². The lowest BCUT2D eigenvalue weighted by Crippen LogP contribution is -2.34. The molecule has 3 N–H and O–H groups in total. The van der Waals surface area contributed by atoms with Crippen LogP contribution in [0.2, 0.25) is 6.04 Å². The predicted molar refractivity (Wildman–Crippen MR) is 51.9 cm³/mol. The van der Waals surface area contributed by atoms with Crippen LogP contribution in [0.15, 0.2) is 24.3 Å². The van der Waals surface area contributed by atoms with Crippen molar-refractivity contribution in [2.75, 3.05) is 0 Å². The van der Waals surface area contributed by atoms with Crippen LogP contribution in [0.3, 0.4) is 0 Å². The van der Waals surface area contributed by atoms with Gasteiger partial charge in [0.25, 0.3) is 0 Å². The maximum absolute atomic E-state index is 12.5. The van der Waals surface area contributed by atoms with E-state index in [2.05, 4.69) is 0 Å². The molecule has 0 heterocycles. The summed E-state index contributed by atoms with van der Waals surface area (Å²) < 4.78 is 12.5. The topological polar surface area (TPSA) is 60.7 Å². The summed E-state index contributed by atoms with van der Waals surface area (Å²) in [7, 11) is -3.90. The maximum atomic E-state index is 12.5. The first-order chi connectivity index (χ1) is 6.47. The Morgan fingerprint density at radius 3 is 2.14 bits per heavy atom. The zero-order valence-corrected chi connectivity index (χ0v) is 8.65. The van der Waals surface area contributed by atoms with E-state index in [-0.39, 0.29) is 11.9 Å². The van der Waals surface area contributed by atoms with Crippen molar-refractivity contribution in [1.29, 1.82) is 0 Å². The lowest BCUT2D eigenvalue weighted by atomic mass is 10.1. The normalized spacial score (nSPS) is 11.7. The molecule has 0 radical (unpaired) electrons. The highest BCUT2D eigenvalue weighted by atomic mass is 28.4. The van der Waals surface area contributed by atoms with Crippen LogP contribution in [-0.2, 0) is 6.42 Å². The fourth-order valence-corrected chi connectivity index (χ4v) is 1.83. The minimum absolute atomic E-state index is 0.0182. The van der Waals surface area contributed by atoms with Gasteiger partial charge in [0.2, 0.25) is 0 Å². The first-order valence-corrected chi connectivity index (χ1v) is 6.44. The molecule has 1 aromatic rings. The monoisotopic (exact) mass is 216 g/mol. The number of hydrogen-bond donors (Lipinski definition) is 3. The van der Waals surface area contributed by atoms with Crippen molar-refractivity contribution in [2.45, 2.75) is 18.9 Å². The van der Waals surface area contributed by atoms with Gasteiger partial charge in [-0.05, 0) is 30.5 Å². The van der Waals surface area contributed by atoms with Crippen LogP contribution < -0.4 is 0 Å². The highest BCUT2D eigenvalue weighted by Gasteiger charge is 2.25. The summed E-state index contributed by atoms with van der Waals surface area (Å²) in [6, 6.07) is 6.02. The average Bonchev–Trinajstić information content (AvgIpc) is 2.06. The third-order valence-corrected chi connectivity index (χ3v) is 2.92. The molecule has 0 saturated heterocycles. The van der Waals surface area contributed by atoms with E-state index in [1.807, 2.05) is 0 Å². The Kier molecular flexibility index (Phi) is 3.76. The smallest absolute Gasteiger partial charge is 0.390 e. The van der Waals surface area contributed by atoms with E-state index in [4.69, 9.17) is 14.4 Å². The molecule has 0 spiro atoms. The highest BCUT2D eigenvalue weighted by Crippen LogP contribution is 2.09. The maximum Gasteiger partial charge on any atom is 0.492 e. The van der Waals surface area contributed by atoms with E-state index in [1.165, 1.54) is 12.1 Å². The summed E-state index contributed by atoms with van der Waals surface area (Å²) in [6.07, 6.45) is 1.10. The van der Waals surface area contributed by atoms with Crippen LogP contribution in [0, 0.1) is 5.82 Å². The Bertz CT molecular complexity index is 281. The molecule has 0 saturated carbocycles. The molecule has 1 rings (SSSR count). The van der Waals surface area contributed by atoms with Crippen molar-refractivity contribution in [3.8, 4) is 0 Å². The summed E-state index contributed by atoms with van der Waals surface area (Å²) >= 11 is 0. The van der Waals surface area contributed by atoms with Gasteiger partial charge >= 0.3 is 8.80 Å². The summed E-state index contributed by atoms with van der Waals surface area (Å²) in [5.41, 5.74) is 0.921. The molecular formula is C9H13FO3Si. The number of benzene rings is 1. The number of halogens is 1. The predicted octanol–water partition coefficient (Wildman–Crippen LogP) is 0.674. The van der Waals surface area contributed by atoms with Gasteiger partial charge in [-0.25, -0.2) is 4.39 Å². The lowest BCUT2D eigenvalue weighted by Gasteiger charge is -2.08. The molecule has 0 aliphatic carbocycles. The molecule has 5 heteroatoms. The minimum Gasteiger partial charge on any atom is -0.390 e. The highest BCUT2D eigenvalue weighted by molar-refractivity contribution is 6.56. The van der Waals surface area contributed by atoms with Gasteiger partial charge in [-0.2, -0.15) is 0 Å². The quantitative estimate of drug-likeness (QED) is 0.648. The molecule has 0 aromatic heterocycles. The Labute approximate surface area is 82.8 Å². The van der Waals surface area contributed by atoms with E-state index in [9.17, 15) is 4.39 Å². The van der Waals surface area contributed by atoms with Crippen LogP contribution in [0.5, 0.6) is 0 Å². The SMILES string of the molecule is O[Si](O)(O)CCCc1ccc(F)cc1.